The van der Waals surface area contributed by atoms with Gasteiger partial charge in [-0.15, -0.1) is 0 Å². The number of hydrogen-bond acceptors (Lipinski definition) is 2. The lowest BCUT2D eigenvalue weighted by molar-refractivity contribution is 0.533. The lowest BCUT2D eigenvalue weighted by atomic mass is 9.99. The fraction of sp³-hybridized carbons (Fsp3) is 0.625. The summed E-state index contributed by atoms with van der Waals surface area (Å²) >= 11 is 0. The minimum absolute atomic E-state index is 0.594. The number of benzene rings is 1. The third-order valence-electron chi connectivity index (χ3n) is 4.01. The van der Waals surface area contributed by atoms with E-state index in [2.05, 4.69) is 55.4 Å². The van der Waals surface area contributed by atoms with Gasteiger partial charge in [-0.3, -0.25) is 0 Å². The quantitative estimate of drug-likeness (QED) is 0.858. The van der Waals surface area contributed by atoms with Gasteiger partial charge in [0.05, 0.1) is 0 Å². The van der Waals surface area contributed by atoms with Gasteiger partial charge in [0.25, 0.3) is 0 Å². The Kier molecular flexibility index (Phi) is 4.65. The van der Waals surface area contributed by atoms with Crippen LogP contribution in [0.5, 0.6) is 0 Å². The molecule has 1 aliphatic rings. The first-order chi connectivity index (χ1) is 8.68. The van der Waals surface area contributed by atoms with Crippen LogP contribution in [-0.4, -0.2) is 26.7 Å². The van der Waals surface area contributed by atoms with Crippen molar-refractivity contribution >= 4 is 5.69 Å². The van der Waals surface area contributed by atoms with Crippen molar-refractivity contribution in [3.05, 3.63) is 29.8 Å². The number of para-hydroxylation sites is 1. The number of rotatable bonds is 5. The van der Waals surface area contributed by atoms with Crippen molar-refractivity contribution < 1.29 is 0 Å². The van der Waals surface area contributed by atoms with E-state index >= 15 is 0 Å². The molecule has 1 heterocycles. The van der Waals surface area contributed by atoms with Crippen molar-refractivity contribution in [1.29, 1.82) is 0 Å². The van der Waals surface area contributed by atoms with Crippen molar-refractivity contribution in [3.63, 3.8) is 0 Å². The molecule has 1 aromatic rings. The Hall–Kier alpha value is -1.02. The van der Waals surface area contributed by atoms with E-state index in [1.807, 2.05) is 0 Å². The molecule has 1 atom stereocenters. The van der Waals surface area contributed by atoms with Crippen LogP contribution in [0.3, 0.4) is 0 Å². The summed E-state index contributed by atoms with van der Waals surface area (Å²) in [6.07, 6.45) is 2.65. The Labute approximate surface area is 111 Å². The monoisotopic (exact) mass is 246 g/mol. The highest BCUT2D eigenvalue weighted by Crippen LogP contribution is 2.27. The molecule has 2 rings (SSSR count). The van der Waals surface area contributed by atoms with Gasteiger partial charge in [-0.05, 0) is 49.4 Å². The molecule has 100 valence electrons. The summed E-state index contributed by atoms with van der Waals surface area (Å²) in [7, 11) is 2.23. The highest BCUT2D eigenvalue weighted by molar-refractivity contribution is 5.54. The van der Waals surface area contributed by atoms with Crippen molar-refractivity contribution in [2.24, 2.45) is 5.92 Å². The fourth-order valence-electron chi connectivity index (χ4n) is 2.78. The van der Waals surface area contributed by atoms with Gasteiger partial charge in [-0.1, -0.05) is 32.0 Å². The molecule has 0 aliphatic carbocycles. The van der Waals surface area contributed by atoms with Crippen LogP contribution in [0.2, 0.25) is 0 Å². The van der Waals surface area contributed by atoms with Gasteiger partial charge in [-0.25, -0.2) is 0 Å². The second kappa shape index (κ2) is 6.24. The normalized spacial score (nSPS) is 19.4. The van der Waals surface area contributed by atoms with E-state index in [0.29, 0.717) is 5.92 Å². The molecule has 1 N–H and O–H groups in total. The topological polar surface area (TPSA) is 15.3 Å². The molecule has 0 amide bonds. The molecule has 1 fully saturated rings. The molecule has 1 unspecified atom stereocenters. The van der Waals surface area contributed by atoms with Crippen LogP contribution in [0.4, 0.5) is 5.69 Å². The molecule has 2 heteroatoms. The van der Waals surface area contributed by atoms with Crippen LogP contribution >= 0.6 is 0 Å². The summed E-state index contributed by atoms with van der Waals surface area (Å²) in [5, 5.41) is 3.45. The summed E-state index contributed by atoms with van der Waals surface area (Å²) in [6, 6.07) is 8.80. The van der Waals surface area contributed by atoms with Crippen molar-refractivity contribution in [2.75, 3.05) is 31.6 Å². The van der Waals surface area contributed by atoms with Gasteiger partial charge < -0.3 is 10.2 Å². The lowest BCUT2D eigenvalue weighted by Crippen LogP contribution is -2.23. The number of nitrogens with one attached hydrogen (secondary N) is 1. The van der Waals surface area contributed by atoms with Crippen LogP contribution in [-0.2, 0) is 0 Å². The predicted molar refractivity (Wildman–Crippen MR) is 79.4 cm³/mol. The standard InChI is InChI=1S/C16H26N2/c1-13(2)15-6-4-5-7-16(15)18(3)11-9-14-8-10-17-12-14/h4-7,13-14,17H,8-12H2,1-3H3. The molecule has 0 aromatic heterocycles. The second-order valence-electron chi connectivity index (χ2n) is 5.78. The number of nitrogens with zero attached hydrogens (tertiary/aromatic N) is 1. The zero-order chi connectivity index (χ0) is 13.0. The fourth-order valence-corrected chi connectivity index (χ4v) is 2.78. The van der Waals surface area contributed by atoms with Crippen LogP contribution in [0, 0.1) is 5.92 Å². The van der Waals surface area contributed by atoms with E-state index in [1.165, 1.54) is 37.2 Å². The minimum atomic E-state index is 0.594. The summed E-state index contributed by atoms with van der Waals surface area (Å²) in [6.45, 7) is 8.12. The molecular weight excluding hydrogens is 220 g/mol. The van der Waals surface area contributed by atoms with E-state index in [1.54, 1.807) is 0 Å². The predicted octanol–water partition coefficient (Wildman–Crippen LogP) is 3.25. The zero-order valence-corrected chi connectivity index (χ0v) is 11.9. The summed E-state index contributed by atoms with van der Waals surface area (Å²) in [4.78, 5) is 2.42. The molecule has 2 nitrogen and oxygen atoms in total. The third kappa shape index (κ3) is 3.26. The largest absolute Gasteiger partial charge is 0.374 e. The average Bonchev–Trinajstić information content (AvgIpc) is 2.89. The zero-order valence-electron chi connectivity index (χ0n) is 11.9. The summed E-state index contributed by atoms with van der Waals surface area (Å²) < 4.78 is 0. The first kappa shape index (κ1) is 13.4. The maximum atomic E-state index is 3.45. The third-order valence-corrected chi connectivity index (χ3v) is 4.01. The van der Waals surface area contributed by atoms with Crippen molar-refractivity contribution in [2.45, 2.75) is 32.6 Å². The Bertz CT molecular complexity index is 367. The van der Waals surface area contributed by atoms with Crippen LogP contribution in [0.1, 0.15) is 38.2 Å². The Morgan fingerprint density at radius 1 is 1.33 bits per heavy atom. The van der Waals surface area contributed by atoms with Crippen molar-refractivity contribution in [3.8, 4) is 0 Å². The van der Waals surface area contributed by atoms with Crippen LogP contribution in [0.15, 0.2) is 24.3 Å². The lowest BCUT2D eigenvalue weighted by Gasteiger charge is -2.25. The van der Waals surface area contributed by atoms with Gasteiger partial charge >= 0.3 is 0 Å². The number of anilines is 1. The van der Waals surface area contributed by atoms with Gasteiger partial charge in [0.1, 0.15) is 0 Å². The van der Waals surface area contributed by atoms with E-state index in [-0.39, 0.29) is 0 Å². The van der Waals surface area contributed by atoms with Crippen molar-refractivity contribution in [1.82, 2.24) is 5.32 Å². The van der Waals surface area contributed by atoms with E-state index in [0.717, 1.165) is 12.5 Å². The Morgan fingerprint density at radius 2 is 2.11 bits per heavy atom. The highest BCUT2D eigenvalue weighted by Gasteiger charge is 2.16. The second-order valence-corrected chi connectivity index (χ2v) is 5.78. The maximum Gasteiger partial charge on any atom is 0.0398 e. The Morgan fingerprint density at radius 3 is 2.78 bits per heavy atom. The van der Waals surface area contributed by atoms with Gasteiger partial charge in [0.15, 0.2) is 0 Å². The maximum absolute atomic E-state index is 3.45. The molecule has 1 aliphatic heterocycles. The number of hydrogen-bond donors (Lipinski definition) is 1. The summed E-state index contributed by atoms with van der Waals surface area (Å²) in [5.41, 5.74) is 2.86. The first-order valence-electron chi connectivity index (χ1n) is 7.19. The molecule has 0 spiro atoms. The first-order valence-corrected chi connectivity index (χ1v) is 7.19. The summed E-state index contributed by atoms with van der Waals surface area (Å²) in [5.74, 6) is 1.47. The van der Waals surface area contributed by atoms with E-state index in [4.69, 9.17) is 0 Å². The molecule has 0 bridgehead atoms. The molecule has 1 saturated heterocycles. The van der Waals surface area contributed by atoms with Gasteiger partial charge in [0.2, 0.25) is 0 Å². The van der Waals surface area contributed by atoms with E-state index in [9.17, 15) is 0 Å². The minimum Gasteiger partial charge on any atom is -0.374 e. The smallest absolute Gasteiger partial charge is 0.0398 e. The molecule has 18 heavy (non-hydrogen) atoms. The molecule has 0 radical (unpaired) electrons. The molecular formula is C16H26N2. The van der Waals surface area contributed by atoms with Gasteiger partial charge in [-0.2, -0.15) is 0 Å². The average molecular weight is 246 g/mol. The van der Waals surface area contributed by atoms with E-state index < -0.39 is 0 Å². The molecule has 1 aromatic carbocycles. The van der Waals surface area contributed by atoms with Gasteiger partial charge in [0, 0.05) is 19.3 Å². The molecule has 0 saturated carbocycles. The Balaban J connectivity index is 1.97. The van der Waals surface area contributed by atoms with Crippen LogP contribution < -0.4 is 10.2 Å². The van der Waals surface area contributed by atoms with Crippen LogP contribution in [0.25, 0.3) is 0 Å². The highest BCUT2D eigenvalue weighted by atomic mass is 15.1. The SMILES string of the molecule is CC(C)c1ccccc1N(C)CCC1CCNC1.